The van der Waals surface area contributed by atoms with E-state index in [0.29, 0.717) is 44.0 Å². The average Bonchev–Trinajstić information content (AvgIpc) is 3.03. The minimum atomic E-state index is -0.302. The monoisotopic (exact) mass is 384 g/mol. The first-order chi connectivity index (χ1) is 13.5. The summed E-state index contributed by atoms with van der Waals surface area (Å²) in [6.45, 7) is 4.44. The fraction of sp³-hybridized carbons (Fsp3) is 0.350. The van der Waals surface area contributed by atoms with E-state index in [4.69, 9.17) is 4.42 Å². The van der Waals surface area contributed by atoms with Gasteiger partial charge in [0, 0.05) is 45.3 Å². The topological polar surface area (TPSA) is 71.6 Å². The van der Waals surface area contributed by atoms with Gasteiger partial charge in [0.2, 0.25) is 5.71 Å². The van der Waals surface area contributed by atoms with Gasteiger partial charge < -0.3 is 13.9 Å². The van der Waals surface area contributed by atoms with Crippen LogP contribution in [-0.2, 0) is 13.6 Å². The second-order valence-electron chi connectivity index (χ2n) is 7.03. The zero-order valence-electron chi connectivity index (χ0n) is 15.8. The van der Waals surface area contributed by atoms with Gasteiger partial charge in [-0.3, -0.25) is 14.5 Å². The number of rotatable bonds is 3. The van der Waals surface area contributed by atoms with Crippen molar-refractivity contribution in [2.24, 2.45) is 7.05 Å². The molecule has 2 aromatic heterocycles. The second kappa shape index (κ2) is 7.20. The summed E-state index contributed by atoms with van der Waals surface area (Å²) in [5.41, 5.74) is 0.810. The molecule has 0 atom stereocenters. The molecule has 0 bridgehead atoms. The molecule has 4 rings (SSSR count). The van der Waals surface area contributed by atoms with Crippen LogP contribution in [0.5, 0.6) is 0 Å². The SMILES string of the molecule is Cc1oc2ncn(C)c(=O)c2c1C(=O)N1CCN(Cc2ccccc2F)CC1. The molecule has 0 spiro atoms. The Labute approximate surface area is 161 Å². The first-order valence-electron chi connectivity index (χ1n) is 9.15. The summed E-state index contributed by atoms with van der Waals surface area (Å²) >= 11 is 0. The molecule has 1 fully saturated rings. The first-order valence-corrected chi connectivity index (χ1v) is 9.15. The number of furan rings is 1. The summed E-state index contributed by atoms with van der Waals surface area (Å²) in [6.07, 6.45) is 1.38. The number of hydrogen-bond acceptors (Lipinski definition) is 5. The zero-order valence-corrected chi connectivity index (χ0v) is 15.8. The van der Waals surface area contributed by atoms with Crippen molar-refractivity contribution in [2.75, 3.05) is 26.2 Å². The van der Waals surface area contributed by atoms with Crippen LogP contribution in [0.4, 0.5) is 4.39 Å². The molecule has 3 aromatic rings. The lowest BCUT2D eigenvalue weighted by Gasteiger charge is -2.34. The highest BCUT2D eigenvalue weighted by Gasteiger charge is 2.29. The number of carbonyl (C=O) groups excluding carboxylic acids is 1. The lowest BCUT2D eigenvalue weighted by molar-refractivity contribution is 0.0627. The highest BCUT2D eigenvalue weighted by atomic mass is 19.1. The van der Waals surface area contributed by atoms with Crippen molar-refractivity contribution in [3.8, 4) is 0 Å². The van der Waals surface area contributed by atoms with Gasteiger partial charge in [0.05, 0.1) is 5.56 Å². The first kappa shape index (κ1) is 18.4. The van der Waals surface area contributed by atoms with Crippen LogP contribution < -0.4 is 5.56 Å². The molecule has 3 heterocycles. The number of piperazine rings is 1. The third kappa shape index (κ3) is 3.20. The van der Waals surface area contributed by atoms with E-state index in [1.807, 2.05) is 6.07 Å². The van der Waals surface area contributed by atoms with E-state index in [-0.39, 0.29) is 33.9 Å². The third-order valence-corrected chi connectivity index (χ3v) is 5.17. The van der Waals surface area contributed by atoms with Crippen LogP contribution in [0.2, 0.25) is 0 Å². The Hall–Kier alpha value is -3.00. The van der Waals surface area contributed by atoms with Crippen molar-refractivity contribution >= 4 is 17.0 Å². The van der Waals surface area contributed by atoms with E-state index >= 15 is 0 Å². The lowest BCUT2D eigenvalue weighted by Crippen LogP contribution is -2.48. The van der Waals surface area contributed by atoms with Crippen molar-refractivity contribution in [3.63, 3.8) is 0 Å². The molecular formula is C20H21FN4O3. The average molecular weight is 384 g/mol. The van der Waals surface area contributed by atoms with Crippen molar-refractivity contribution in [2.45, 2.75) is 13.5 Å². The molecule has 1 amide bonds. The standard InChI is InChI=1S/C20H21FN4O3/c1-13-16(17-18(28-13)22-12-23(2)19(17)26)20(27)25-9-7-24(8-10-25)11-14-5-3-4-6-15(14)21/h3-6,12H,7-11H2,1-2H3. The molecule has 1 aliphatic rings. The highest BCUT2D eigenvalue weighted by molar-refractivity contribution is 6.06. The molecule has 0 N–H and O–H groups in total. The molecule has 8 heteroatoms. The summed E-state index contributed by atoms with van der Waals surface area (Å²) in [5.74, 6) is -0.0543. The van der Waals surface area contributed by atoms with E-state index in [9.17, 15) is 14.0 Å². The van der Waals surface area contributed by atoms with Crippen LogP contribution in [0, 0.1) is 12.7 Å². The number of fused-ring (bicyclic) bond motifs is 1. The molecule has 1 aliphatic heterocycles. The Morgan fingerprint density at radius 2 is 1.93 bits per heavy atom. The maximum Gasteiger partial charge on any atom is 0.265 e. The predicted octanol–water partition coefficient (Wildman–Crippen LogP) is 1.93. The maximum atomic E-state index is 13.9. The fourth-order valence-corrected chi connectivity index (χ4v) is 3.58. The highest BCUT2D eigenvalue weighted by Crippen LogP contribution is 2.23. The molecule has 7 nitrogen and oxygen atoms in total. The van der Waals surface area contributed by atoms with Gasteiger partial charge >= 0.3 is 0 Å². The number of aromatic nitrogens is 2. The molecule has 146 valence electrons. The van der Waals surface area contributed by atoms with Crippen molar-refractivity contribution in [1.82, 2.24) is 19.4 Å². The van der Waals surface area contributed by atoms with E-state index in [0.717, 1.165) is 0 Å². The predicted molar refractivity (Wildman–Crippen MR) is 102 cm³/mol. The van der Waals surface area contributed by atoms with Crippen molar-refractivity contribution in [1.29, 1.82) is 0 Å². The number of amides is 1. The number of carbonyl (C=O) groups is 1. The van der Waals surface area contributed by atoms with Crippen LogP contribution in [0.1, 0.15) is 21.7 Å². The Kier molecular flexibility index (Phi) is 4.72. The van der Waals surface area contributed by atoms with Gasteiger partial charge in [0.1, 0.15) is 23.3 Å². The normalized spacial score (nSPS) is 15.3. The Balaban J connectivity index is 1.51. The number of hydrogen-bond donors (Lipinski definition) is 0. The minimum absolute atomic E-state index is 0.183. The molecule has 1 aromatic carbocycles. The largest absolute Gasteiger partial charge is 0.442 e. The van der Waals surface area contributed by atoms with Gasteiger partial charge in [-0.2, -0.15) is 0 Å². The minimum Gasteiger partial charge on any atom is -0.442 e. The molecule has 0 aliphatic carbocycles. The van der Waals surface area contributed by atoms with E-state index in [1.165, 1.54) is 17.0 Å². The fourth-order valence-electron chi connectivity index (χ4n) is 3.58. The smallest absolute Gasteiger partial charge is 0.265 e. The van der Waals surface area contributed by atoms with Crippen LogP contribution in [0.25, 0.3) is 11.1 Å². The van der Waals surface area contributed by atoms with Gasteiger partial charge in [-0.25, -0.2) is 9.37 Å². The summed E-state index contributed by atoms with van der Waals surface area (Å²) < 4.78 is 20.7. The number of halogens is 1. The molecule has 0 radical (unpaired) electrons. The molecule has 0 unspecified atom stereocenters. The molecule has 28 heavy (non-hydrogen) atoms. The van der Waals surface area contributed by atoms with Crippen LogP contribution in [0.3, 0.4) is 0 Å². The van der Waals surface area contributed by atoms with E-state index < -0.39 is 0 Å². The van der Waals surface area contributed by atoms with Crippen LogP contribution >= 0.6 is 0 Å². The van der Waals surface area contributed by atoms with E-state index in [1.54, 1.807) is 31.0 Å². The molecule has 0 saturated carbocycles. The molecule has 1 saturated heterocycles. The Morgan fingerprint density at radius 1 is 1.21 bits per heavy atom. The van der Waals surface area contributed by atoms with Crippen molar-refractivity contribution in [3.05, 3.63) is 63.7 Å². The van der Waals surface area contributed by atoms with Gasteiger partial charge in [-0.05, 0) is 13.0 Å². The summed E-state index contributed by atoms with van der Waals surface area (Å²) in [5, 5.41) is 0.223. The number of aryl methyl sites for hydroxylation is 2. The Bertz CT molecular complexity index is 1100. The van der Waals surface area contributed by atoms with Crippen LogP contribution in [0.15, 0.2) is 39.8 Å². The number of benzene rings is 1. The summed E-state index contributed by atoms with van der Waals surface area (Å²) in [7, 11) is 1.59. The summed E-state index contributed by atoms with van der Waals surface area (Å²) in [4.78, 5) is 33.5. The third-order valence-electron chi connectivity index (χ3n) is 5.17. The van der Waals surface area contributed by atoms with Gasteiger partial charge in [-0.15, -0.1) is 0 Å². The van der Waals surface area contributed by atoms with Crippen LogP contribution in [-0.4, -0.2) is 51.4 Å². The lowest BCUT2D eigenvalue weighted by atomic mass is 10.1. The quantitative estimate of drug-likeness (QED) is 0.690. The van der Waals surface area contributed by atoms with Gasteiger partial charge in [0.25, 0.3) is 11.5 Å². The second-order valence-corrected chi connectivity index (χ2v) is 7.03. The molecular weight excluding hydrogens is 363 g/mol. The van der Waals surface area contributed by atoms with Crippen molar-refractivity contribution < 1.29 is 13.6 Å². The Morgan fingerprint density at radius 3 is 2.64 bits per heavy atom. The summed E-state index contributed by atoms with van der Waals surface area (Å²) in [6, 6.07) is 6.72. The zero-order chi connectivity index (χ0) is 19.8. The van der Waals surface area contributed by atoms with Gasteiger partial charge in [0.15, 0.2) is 0 Å². The number of nitrogens with zero attached hydrogens (tertiary/aromatic N) is 4. The maximum absolute atomic E-state index is 13.9. The van der Waals surface area contributed by atoms with Gasteiger partial charge in [-0.1, -0.05) is 18.2 Å². The van der Waals surface area contributed by atoms with E-state index in [2.05, 4.69) is 9.88 Å².